The van der Waals surface area contributed by atoms with Crippen molar-refractivity contribution < 1.29 is 26.4 Å². The average molecular weight is 349 g/mol. The maximum atomic E-state index is 12.7. The Morgan fingerprint density at radius 1 is 1.26 bits per heavy atom. The Balaban J connectivity index is 2.08. The second-order valence-corrected chi connectivity index (χ2v) is 8.89. The lowest BCUT2D eigenvalue weighted by molar-refractivity contribution is -0.137. The van der Waals surface area contributed by atoms with Gasteiger partial charge in [-0.3, -0.25) is 4.79 Å². The second-order valence-electron chi connectivity index (χ2n) is 6.33. The highest BCUT2D eigenvalue weighted by molar-refractivity contribution is 7.92. The van der Waals surface area contributed by atoms with E-state index in [2.05, 4.69) is 5.32 Å². The Morgan fingerprint density at radius 2 is 1.87 bits per heavy atom. The summed E-state index contributed by atoms with van der Waals surface area (Å²) in [5.74, 6) is -0.865. The number of alkyl halides is 3. The van der Waals surface area contributed by atoms with Crippen molar-refractivity contribution in [2.24, 2.45) is 0 Å². The minimum absolute atomic E-state index is 0.225. The van der Waals surface area contributed by atoms with Crippen molar-refractivity contribution in [1.82, 2.24) is 5.32 Å². The quantitative estimate of drug-likeness (QED) is 0.908. The second kappa shape index (κ2) is 5.51. The fourth-order valence-corrected chi connectivity index (χ4v) is 2.57. The SMILES string of the molecule is CC(C)(C(=O)N[C@@H]1C[C@H]1c1cccc(C(F)(F)F)c1)S(C)(=O)=O. The van der Waals surface area contributed by atoms with Crippen LogP contribution in [0.1, 0.15) is 37.3 Å². The van der Waals surface area contributed by atoms with E-state index in [1.165, 1.54) is 19.9 Å². The van der Waals surface area contributed by atoms with E-state index in [0.717, 1.165) is 18.4 Å². The Kier molecular flexibility index (Phi) is 4.26. The number of carbonyl (C=O) groups is 1. The molecule has 23 heavy (non-hydrogen) atoms. The van der Waals surface area contributed by atoms with Crippen LogP contribution in [0.5, 0.6) is 0 Å². The number of carbonyl (C=O) groups excluding carboxylic acids is 1. The highest BCUT2D eigenvalue weighted by Crippen LogP contribution is 2.42. The summed E-state index contributed by atoms with van der Waals surface area (Å²) >= 11 is 0. The van der Waals surface area contributed by atoms with E-state index in [1.807, 2.05) is 0 Å². The molecule has 1 aliphatic carbocycles. The molecular weight excluding hydrogens is 331 g/mol. The lowest BCUT2D eigenvalue weighted by Crippen LogP contribution is -2.48. The molecule has 1 aromatic rings. The van der Waals surface area contributed by atoms with E-state index in [-0.39, 0.29) is 12.0 Å². The first-order valence-electron chi connectivity index (χ1n) is 7.02. The standard InChI is InChI=1S/C15H18F3NO3S/c1-14(2,23(3,21)22)13(20)19-12-8-11(12)9-5-4-6-10(7-9)15(16,17)18/h4-7,11-12H,8H2,1-3H3,(H,19,20)/t11-,12+/m0/s1. The van der Waals surface area contributed by atoms with Crippen LogP contribution in [-0.4, -0.2) is 31.4 Å². The van der Waals surface area contributed by atoms with Crippen LogP contribution in [0.3, 0.4) is 0 Å². The lowest BCUT2D eigenvalue weighted by Gasteiger charge is -2.21. The van der Waals surface area contributed by atoms with E-state index < -0.39 is 32.2 Å². The van der Waals surface area contributed by atoms with Crippen LogP contribution in [0.15, 0.2) is 24.3 Å². The van der Waals surface area contributed by atoms with E-state index >= 15 is 0 Å². The number of amides is 1. The predicted octanol–water partition coefficient (Wildman–Crippen LogP) is 2.50. The molecule has 1 aromatic carbocycles. The largest absolute Gasteiger partial charge is 0.416 e. The zero-order chi connectivity index (χ0) is 17.6. The van der Waals surface area contributed by atoms with E-state index in [0.29, 0.717) is 12.0 Å². The first kappa shape index (κ1) is 17.8. The van der Waals surface area contributed by atoms with Gasteiger partial charge in [-0.1, -0.05) is 18.2 Å². The van der Waals surface area contributed by atoms with Gasteiger partial charge >= 0.3 is 6.18 Å². The summed E-state index contributed by atoms with van der Waals surface area (Å²) in [5, 5.41) is 2.61. The molecule has 0 unspecified atom stereocenters. The summed E-state index contributed by atoms with van der Waals surface area (Å²) < 4.78 is 59.8. The zero-order valence-corrected chi connectivity index (χ0v) is 13.8. The topological polar surface area (TPSA) is 63.2 Å². The van der Waals surface area contributed by atoms with Gasteiger partial charge in [0.15, 0.2) is 9.84 Å². The van der Waals surface area contributed by atoms with Gasteiger partial charge in [0.2, 0.25) is 5.91 Å². The van der Waals surface area contributed by atoms with Crippen LogP contribution < -0.4 is 5.32 Å². The van der Waals surface area contributed by atoms with Crippen molar-refractivity contribution in [2.45, 2.75) is 43.2 Å². The van der Waals surface area contributed by atoms with Crippen LogP contribution in [0.25, 0.3) is 0 Å². The van der Waals surface area contributed by atoms with Crippen molar-refractivity contribution in [2.75, 3.05) is 6.26 Å². The van der Waals surface area contributed by atoms with Crippen LogP contribution in [0.2, 0.25) is 0 Å². The first-order chi connectivity index (χ1) is 10.3. The van der Waals surface area contributed by atoms with Crippen molar-refractivity contribution >= 4 is 15.7 Å². The van der Waals surface area contributed by atoms with Crippen LogP contribution in [0.4, 0.5) is 13.2 Å². The van der Waals surface area contributed by atoms with E-state index in [4.69, 9.17) is 0 Å². The molecule has 0 saturated heterocycles. The summed E-state index contributed by atoms with van der Waals surface area (Å²) in [7, 11) is -3.59. The summed E-state index contributed by atoms with van der Waals surface area (Å²) in [6, 6.07) is 4.63. The Hall–Kier alpha value is -1.57. The van der Waals surface area contributed by atoms with E-state index in [9.17, 15) is 26.4 Å². The summed E-state index contributed by atoms with van der Waals surface area (Å²) in [4.78, 5) is 12.1. The van der Waals surface area contributed by atoms with E-state index in [1.54, 1.807) is 6.07 Å². The molecule has 8 heteroatoms. The third-order valence-corrected chi connectivity index (χ3v) is 6.26. The lowest BCUT2D eigenvalue weighted by atomic mass is 10.1. The molecule has 0 spiro atoms. The van der Waals surface area contributed by atoms with Crippen LogP contribution in [-0.2, 0) is 20.8 Å². The normalized spacial score (nSPS) is 21.8. The fourth-order valence-electron chi connectivity index (χ4n) is 2.18. The van der Waals surface area contributed by atoms with Gasteiger partial charge in [-0.2, -0.15) is 13.2 Å². The molecule has 4 nitrogen and oxygen atoms in total. The highest BCUT2D eigenvalue weighted by atomic mass is 32.2. The smallest absolute Gasteiger partial charge is 0.351 e. The van der Waals surface area contributed by atoms with Gasteiger partial charge in [0.05, 0.1) is 5.56 Å². The number of hydrogen-bond donors (Lipinski definition) is 1. The van der Waals surface area contributed by atoms with Crippen molar-refractivity contribution in [3.05, 3.63) is 35.4 Å². The molecule has 2 rings (SSSR count). The summed E-state index contributed by atoms with van der Waals surface area (Å²) in [5.41, 5.74) is -0.245. The molecule has 0 radical (unpaired) electrons. The van der Waals surface area contributed by atoms with Crippen LogP contribution >= 0.6 is 0 Å². The summed E-state index contributed by atoms with van der Waals surface area (Å²) in [6.45, 7) is 2.61. The number of rotatable bonds is 4. The van der Waals surface area contributed by atoms with Crippen molar-refractivity contribution in [1.29, 1.82) is 0 Å². The Labute approximate surface area is 133 Å². The van der Waals surface area contributed by atoms with Gasteiger partial charge in [-0.15, -0.1) is 0 Å². The highest BCUT2D eigenvalue weighted by Gasteiger charge is 2.45. The molecule has 0 aromatic heterocycles. The van der Waals surface area contributed by atoms with Crippen LogP contribution in [0, 0.1) is 0 Å². The molecule has 2 atom stereocenters. The predicted molar refractivity (Wildman–Crippen MR) is 79.7 cm³/mol. The number of benzene rings is 1. The maximum absolute atomic E-state index is 12.7. The number of sulfone groups is 1. The molecule has 1 amide bonds. The summed E-state index contributed by atoms with van der Waals surface area (Å²) in [6.07, 6.45) is -2.95. The third kappa shape index (κ3) is 3.68. The number of nitrogens with one attached hydrogen (secondary N) is 1. The molecule has 0 heterocycles. The first-order valence-corrected chi connectivity index (χ1v) is 8.91. The third-order valence-electron chi connectivity index (χ3n) is 4.22. The minimum atomic E-state index is -4.41. The molecule has 1 saturated carbocycles. The molecule has 0 bridgehead atoms. The van der Waals surface area contributed by atoms with Crippen molar-refractivity contribution in [3.63, 3.8) is 0 Å². The van der Waals surface area contributed by atoms with Gasteiger partial charge in [-0.05, 0) is 31.9 Å². The monoisotopic (exact) mass is 349 g/mol. The fraction of sp³-hybridized carbons (Fsp3) is 0.533. The molecule has 1 fully saturated rings. The van der Waals surface area contributed by atoms with Crippen molar-refractivity contribution in [3.8, 4) is 0 Å². The Morgan fingerprint density at radius 3 is 2.39 bits per heavy atom. The van der Waals surface area contributed by atoms with Gasteiger partial charge in [0.25, 0.3) is 0 Å². The maximum Gasteiger partial charge on any atom is 0.416 e. The number of halogens is 3. The molecule has 1 N–H and O–H groups in total. The van der Waals surface area contributed by atoms with Gasteiger partial charge in [0, 0.05) is 18.2 Å². The minimum Gasteiger partial charge on any atom is -0.351 e. The zero-order valence-electron chi connectivity index (χ0n) is 12.9. The number of hydrogen-bond acceptors (Lipinski definition) is 3. The van der Waals surface area contributed by atoms with Gasteiger partial charge < -0.3 is 5.32 Å². The van der Waals surface area contributed by atoms with Gasteiger partial charge in [-0.25, -0.2) is 8.42 Å². The molecule has 128 valence electrons. The Bertz CT molecular complexity index is 726. The molecule has 1 aliphatic rings. The molecule has 0 aliphatic heterocycles. The average Bonchev–Trinajstić information content (AvgIpc) is 3.15. The molecular formula is C15H18F3NO3S. The van der Waals surface area contributed by atoms with Gasteiger partial charge in [0.1, 0.15) is 4.75 Å².